The molecule has 0 unspecified atom stereocenters. The Morgan fingerprint density at radius 1 is 1.25 bits per heavy atom. The van der Waals surface area contributed by atoms with Gasteiger partial charge < -0.3 is 10.2 Å². The first-order chi connectivity index (χ1) is 13.0. The average molecular weight is 406 g/mol. The zero-order valence-electron chi connectivity index (χ0n) is 15.4. The van der Waals surface area contributed by atoms with E-state index in [4.69, 9.17) is 0 Å². The van der Waals surface area contributed by atoms with Crippen LogP contribution in [0.15, 0.2) is 41.4 Å². The van der Waals surface area contributed by atoms with E-state index >= 15 is 0 Å². The molecule has 11 heteroatoms. The van der Waals surface area contributed by atoms with Crippen molar-refractivity contribution in [1.29, 1.82) is 0 Å². The second-order valence-corrected chi connectivity index (χ2v) is 8.19. The summed E-state index contributed by atoms with van der Waals surface area (Å²) < 4.78 is 23.5. The van der Waals surface area contributed by atoms with Crippen LogP contribution in [0.3, 0.4) is 0 Å². The summed E-state index contributed by atoms with van der Waals surface area (Å²) in [5.74, 6) is -0.941. The molecule has 0 fully saturated rings. The quantitative estimate of drug-likeness (QED) is 0.565. The number of nitro groups is 1. The predicted molar refractivity (Wildman–Crippen MR) is 101 cm³/mol. The fourth-order valence-corrected chi connectivity index (χ4v) is 3.00. The van der Waals surface area contributed by atoms with E-state index in [-0.39, 0.29) is 17.0 Å². The van der Waals surface area contributed by atoms with Crippen LogP contribution in [0.5, 0.6) is 0 Å². The summed E-state index contributed by atoms with van der Waals surface area (Å²) in [6.45, 7) is 1.47. The van der Waals surface area contributed by atoms with Crippen LogP contribution in [0.1, 0.15) is 15.9 Å². The number of likely N-dealkylation sites (N-methyl/N-ethyl adjacent to an activating group) is 1. The van der Waals surface area contributed by atoms with Gasteiger partial charge in [0.1, 0.15) is 5.82 Å². The number of carbonyl (C=O) groups excluding carboxylic acids is 2. The Morgan fingerprint density at radius 2 is 1.93 bits per heavy atom. The first-order valence-corrected chi connectivity index (χ1v) is 9.84. The number of rotatable bonds is 6. The van der Waals surface area contributed by atoms with Gasteiger partial charge >= 0.3 is 0 Å². The summed E-state index contributed by atoms with van der Waals surface area (Å²) in [7, 11) is -2.45. The lowest BCUT2D eigenvalue weighted by molar-refractivity contribution is -0.385. The van der Waals surface area contributed by atoms with Gasteiger partial charge in [0.05, 0.1) is 16.4 Å². The van der Waals surface area contributed by atoms with Gasteiger partial charge in [0.2, 0.25) is 5.91 Å². The Labute approximate surface area is 161 Å². The van der Waals surface area contributed by atoms with Crippen molar-refractivity contribution in [2.45, 2.75) is 11.8 Å². The maximum atomic E-state index is 12.6. The smallest absolute Gasteiger partial charge is 0.271 e. The number of anilines is 1. The molecule has 10 nitrogen and oxygen atoms in total. The summed E-state index contributed by atoms with van der Waals surface area (Å²) in [6.07, 6.45) is 2.40. The molecule has 0 aliphatic carbocycles. The lowest BCUT2D eigenvalue weighted by atomic mass is 10.2. The van der Waals surface area contributed by atoms with E-state index < -0.39 is 32.3 Å². The number of nitrogens with zero attached hydrogens (tertiary/aromatic N) is 3. The van der Waals surface area contributed by atoms with E-state index in [1.165, 1.54) is 13.2 Å². The Bertz CT molecular complexity index is 1050. The van der Waals surface area contributed by atoms with Crippen LogP contribution in [-0.2, 0) is 14.6 Å². The van der Waals surface area contributed by atoms with Crippen molar-refractivity contribution in [2.24, 2.45) is 0 Å². The van der Waals surface area contributed by atoms with Gasteiger partial charge in [0.25, 0.3) is 11.6 Å². The number of nitro benzene ring substituents is 1. The van der Waals surface area contributed by atoms with Crippen LogP contribution in [0.2, 0.25) is 0 Å². The van der Waals surface area contributed by atoms with E-state index in [2.05, 4.69) is 10.3 Å². The molecular weight excluding hydrogens is 388 g/mol. The number of hydrogen-bond acceptors (Lipinski definition) is 7. The lowest BCUT2D eigenvalue weighted by Gasteiger charge is -2.17. The number of nitrogens with one attached hydrogen (secondary N) is 1. The summed E-state index contributed by atoms with van der Waals surface area (Å²) >= 11 is 0. The maximum absolute atomic E-state index is 12.6. The molecule has 0 saturated heterocycles. The second-order valence-electron chi connectivity index (χ2n) is 6.17. The second kappa shape index (κ2) is 8.13. The van der Waals surface area contributed by atoms with Crippen LogP contribution >= 0.6 is 0 Å². The molecule has 1 heterocycles. The molecule has 28 heavy (non-hydrogen) atoms. The number of aromatic nitrogens is 1. The molecule has 1 N–H and O–H groups in total. The summed E-state index contributed by atoms with van der Waals surface area (Å²) in [4.78, 5) is 39.6. The Hall–Kier alpha value is -3.34. The monoisotopic (exact) mass is 406 g/mol. The normalized spacial score (nSPS) is 11.0. The molecule has 2 aromatic rings. The molecule has 2 amide bonds. The van der Waals surface area contributed by atoms with Crippen LogP contribution in [0.4, 0.5) is 11.5 Å². The highest BCUT2D eigenvalue weighted by Crippen LogP contribution is 2.22. The van der Waals surface area contributed by atoms with Crippen molar-refractivity contribution in [3.05, 3.63) is 57.8 Å². The van der Waals surface area contributed by atoms with Crippen LogP contribution < -0.4 is 5.32 Å². The number of aryl methyl sites for hydroxylation is 1. The zero-order chi connectivity index (χ0) is 21.1. The lowest BCUT2D eigenvalue weighted by Crippen LogP contribution is -2.35. The van der Waals surface area contributed by atoms with Gasteiger partial charge in [-0.25, -0.2) is 13.4 Å². The molecule has 1 aromatic heterocycles. The molecule has 0 bridgehead atoms. The van der Waals surface area contributed by atoms with Gasteiger partial charge in [-0.3, -0.25) is 19.7 Å². The molecule has 0 saturated carbocycles. The summed E-state index contributed by atoms with van der Waals surface area (Å²) in [5, 5.41) is 13.6. The van der Waals surface area contributed by atoms with Gasteiger partial charge in [-0.15, -0.1) is 0 Å². The van der Waals surface area contributed by atoms with Crippen molar-refractivity contribution < 1.29 is 22.9 Å². The Balaban J connectivity index is 2.21. The van der Waals surface area contributed by atoms with Crippen molar-refractivity contribution in [1.82, 2.24) is 9.88 Å². The zero-order valence-corrected chi connectivity index (χ0v) is 16.2. The van der Waals surface area contributed by atoms with E-state index in [0.717, 1.165) is 34.9 Å². The first-order valence-electron chi connectivity index (χ1n) is 7.95. The largest absolute Gasteiger partial charge is 0.332 e. The van der Waals surface area contributed by atoms with Crippen molar-refractivity contribution >= 4 is 33.2 Å². The highest BCUT2D eigenvalue weighted by atomic mass is 32.2. The molecular formula is C17H18N4O6S. The van der Waals surface area contributed by atoms with Gasteiger partial charge in [-0.05, 0) is 30.7 Å². The number of sulfone groups is 1. The SMILES string of the molecule is Cc1ccnc(NC(=O)CN(C)C(=O)c2cc([N+](=O)[O-])cc(S(C)(=O)=O)c2)c1. The Kier molecular flexibility index (Phi) is 6.09. The first kappa shape index (κ1) is 21.0. The van der Waals surface area contributed by atoms with E-state index in [1.54, 1.807) is 12.1 Å². The number of amides is 2. The molecule has 0 aliphatic rings. The number of carbonyl (C=O) groups is 2. The minimum Gasteiger partial charge on any atom is -0.332 e. The highest BCUT2D eigenvalue weighted by molar-refractivity contribution is 7.90. The molecule has 0 spiro atoms. The van der Waals surface area contributed by atoms with Crippen molar-refractivity contribution in [2.75, 3.05) is 25.2 Å². The fourth-order valence-electron chi connectivity index (χ4n) is 2.32. The van der Waals surface area contributed by atoms with Crippen LogP contribution in [0.25, 0.3) is 0 Å². The average Bonchev–Trinajstić information content (AvgIpc) is 2.59. The third-order valence-corrected chi connectivity index (χ3v) is 4.78. The van der Waals surface area contributed by atoms with Crippen LogP contribution in [0, 0.1) is 17.0 Å². The standard InChI is InChI=1S/C17H18N4O6S/c1-11-4-5-18-15(6-11)19-16(22)10-20(2)17(23)12-7-13(21(24)25)9-14(8-12)28(3,26)27/h4-9H,10H2,1-3H3,(H,18,19,22). The fraction of sp³-hybridized carbons (Fsp3) is 0.235. The van der Waals surface area contributed by atoms with E-state index in [9.17, 15) is 28.1 Å². The van der Waals surface area contributed by atoms with Gasteiger partial charge in [-0.1, -0.05) is 0 Å². The summed E-state index contributed by atoms with van der Waals surface area (Å²) in [5.41, 5.74) is 0.145. The molecule has 148 valence electrons. The maximum Gasteiger partial charge on any atom is 0.271 e. The third kappa shape index (κ3) is 5.33. The summed E-state index contributed by atoms with van der Waals surface area (Å²) in [6, 6.07) is 6.29. The minimum absolute atomic E-state index is 0.210. The third-order valence-electron chi connectivity index (χ3n) is 3.69. The number of hydrogen-bond donors (Lipinski definition) is 1. The van der Waals surface area contributed by atoms with Gasteiger partial charge in [0, 0.05) is 37.2 Å². The molecule has 2 rings (SSSR count). The topological polar surface area (TPSA) is 140 Å². The highest BCUT2D eigenvalue weighted by Gasteiger charge is 2.22. The van der Waals surface area contributed by atoms with Crippen LogP contribution in [-0.4, -0.2) is 54.9 Å². The van der Waals surface area contributed by atoms with Crippen molar-refractivity contribution in [3.63, 3.8) is 0 Å². The van der Waals surface area contributed by atoms with Gasteiger partial charge in [-0.2, -0.15) is 0 Å². The number of pyridine rings is 1. The molecule has 0 atom stereocenters. The van der Waals surface area contributed by atoms with Crippen molar-refractivity contribution in [3.8, 4) is 0 Å². The van der Waals surface area contributed by atoms with E-state index in [0.29, 0.717) is 5.82 Å². The molecule has 1 aromatic carbocycles. The van der Waals surface area contributed by atoms with E-state index in [1.807, 2.05) is 6.92 Å². The Morgan fingerprint density at radius 3 is 2.50 bits per heavy atom. The minimum atomic E-state index is -3.77. The number of benzene rings is 1. The molecule has 0 aliphatic heterocycles. The number of non-ortho nitro benzene ring substituents is 1. The molecule has 0 radical (unpaired) electrons. The van der Waals surface area contributed by atoms with Gasteiger partial charge in [0.15, 0.2) is 9.84 Å². The predicted octanol–water partition coefficient (Wildman–Crippen LogP) is 1.41.